The van der Waals surface area contributed by atoms with Crippen molar-refractivity contribution in [2.75, 3.05) is 0 Å². The molecule has 5 heavy (non-hydrogen) atoms. The summed E-state index contributed by atoms with van der Waals surface area (Å²) < 4.78 is 0. The maximum Gasteiger partial charge on any atom is 2.00 e. The minimum absolute atomic E-state index is 0. The van der Waals surface area contributed by atoms with Crippen LogP contribution in [-0.4, -0.2) is 0 Å². The summed E-state index contributed by atoms with van der Waals surface area (Å²) >= 11 is 0. The van der Waals surface area contributed by atoms with Gasteiger partial charge in [0.1, 0.15) is 0 Å². The van der Waals surface area contributed by atoms with Gasteiger partial charge in [0.2, 0.25) is 0 Å². The third-order valence-electron chi connectivity index (χ3n) is 0. The van der Waals surface area contributed by atoms with Gasteiger partial charge in [-0.1, -0.05) is 0 Å². The molecule has 5 heteroatoms. The molecule has 0 spiro atoms. The van der Waals surface area contributed by atoms with Crippen molar-refractivity contribution in [1.29, 1.82) is 0 Å². The standard InChI is InChI=1S/Ag.Cu.3HI/h;;3*1H/q+1;+2;;;/p-3. The van der Waals surface area contributed by atoms with Crippen LogP contribution in [0.4, 0.5) is 0 Å². The van der Waals surface area contributed by atoms with Crippen LogP contribution in [0.15, 0.2) is 0 Å². The van der Waals surface area contributed by atoms with Gasteiger partial charge in [-0.15, -0.1) is 0 Å². The fourth-order valence-corrected chi connectivity index (χ4v) is 0. The molecule has 0 saturated heterocycles. The summed E-state index contributed by atoms with van der Waals surface area (Å²) in [5.41, 5.74) is 0. The molecule has 0 unspecified atom stereocenters. The Bertz CT molecular complexity index is 6.85. The zero-order valence-corrected chi connectivity index (χ0v) is 10.6. The number of hydrogen-bond acceptors (Lipinski definition) is 0. The molecule has 0 aromatic carbocycles. The van der Waals surface area contributed by atoms with Crippen LogP contribution in [0.1, 0.15) is 0 Å². The van der Waals surface area contributed by atoms with Gasteiger partial charge in [-0.2, -0.15) is 0 Å². The number of rotatable bonds is 0. The molecule has 0 amide bonds. The molecule has 0 heterocycles. The molecule has 0 atom stereocenters. The molecular formula is AgCuI3. The molecule has 0 aliphatic rings. The molecule has 0 fully saturated rings. The zero-order chi connectivity index (χ0) is 0. The van der Waals surface area contributed by atoms with E-state index < -0.39 is 0 Å². The predicted molar refractivity (Wildman–Crippen MR) is 0 cm³/mol. The molecule has 1 radical (unpaired) electrons. The molecule has 0 aliphatic carbocycles. The second kappa shape index (κ2) is 26.0. The van der Waals surface area contributed by atoms with Gasteiger partial charge in [-0.3, -0.25) is 0 Å². The SMILES string of the molecule is [Ag+].[Cu+2].[I-].[I-].[I-]. The normalized spacial score (nSPS) is 0. The van der Waals surface area contributed by atoms with Gasteiger partial charge in [0, 0.05) is 0 Å². The summed E-state index contributed by atoms with van der Waals surface area (Å²) in [4.78, 5) is 0. The third-order valence-corrected chi connectivity index (χ3v) is 0. The Hall–Kier alpha value is 3.45. The van der Waals surface area contributed by atoms with Gasteiger partial charge in [0.15, 0.2) is 0 Å². The van der Waals surface area contributed by atoms with Crippen LogP contribution in [0.5, 0.6) is 0 Å². The van der Waals surface area contributed by atoms with Crippen molar-refractivity contribution in [2.24, 2.45) is 0 Å². The molecule has 0 N–H and O–H groups in total. The largest absolute Gasteiger partial charge is 2.00 e. The first kappa shape index (κ1) is 39.4. The Morgan fingerprint density at radius 1 is 0.600 bits per heavy atom. The van der Waals surface area contributed by atoms with Crippen molar-refractivity contribution in [3.05, 3.63) is 0 Å². The second-order valence-corrected chi connectivity index (χ2v) is 0. The zero-order valence-electron chi connectivity index (χ0n) is 1.74. The average Bonchev–Trinajstić information content (AvgIpc) is 0. The molecular weight excluding hydrogens is 552 g/mol. The molecule has 0 aliphatic heterocycles. The van der Waals surface area contributed by atoms with E-state index in [2.05, 4.69) is 0 Å². The Kier molecular flexibility index (Phi) is 205. The fraction of sp³-hybridized carbons (Fsp3) is 0. The molecule has 43 valence electrons. The van der Waals surface area contributed by atoms with E-state index in [1.54, 1.807) is 0 Å². The monoisotopic (exact) mass is 551 g/mol. The summed E-state index contributed by atoms with van der Waals surface area (Å²) in [6.07, 6.45) is 0. The van der Waals surface area contributed by atoms with Crippen molar-refractivity contribution < 1.29 is 111 Å². The minimum atomic E-state index is 0. The first-order chi connectivity index (χ1) is 0. The van der Waals surface area contributed by atoms with E-state index in [0.717, 1.165) is 0 Å². The van der Waals surface area contributed by atoms with Crippen LogP contribution >= 0.6 is 0 Å². The predicted octanol–water partition coefficient (Wildman–Crippen LogP) is -8.99. The smallest absolute Gasteiger partial charge is 1.00 e. The Balaban J connectivity index is 0. The number of hydrogen-bond donors (Lipinski definition) is 0. The van der Waals surface area contributed by atoms with Gasteiger partial charge in [0.05, 0.1) is 0 Å². The van der Waals surface area contributed by atoms with Gasteiger partial charge >= 0.3 is 39.4 Å². The summed E-state index contributed by atoms with van der Waals surface area (Å²) in [7, 11) is 0. The topological polar surface area (TPSA) is 0 Å². The van der Waals surface area contributed by atoms with Crippen LogP contribution in [-0.2, 0) is 39.4 Å². The van der Waals surface area contributed by atoms with Crippen molar-refractivity contribution in [2.45, 2.75) is 0 Å². The maximum atomic E-state index is 0. The van der Waals surface area contributed by atoms with Crippen LogP contribution in [0.2, 0.25) is 0 Å². The second-order valence-electron chi connectivity index (χ2n) is 0. The van der Waals surface area contributed by atoms with Gasteiger partial charge in [-0.05, 0) is 0 Å². The van der Waals surface area contributed by atoms with E-state index >= 15 is 0 Å². The summed E-state index contributed by atoms with van der Waals surface area (Å²) in [5.74, 6) is 0. The average molecular weight is 552 g/mol. The van der Waals surface area contributed by atoms with E-state index in [1.165, 1.54) is 0 Å². The fourth-order valence-electron chi connectivity index (χ4n) is 0. The van der Waals surface area contributed by atoms with E-state index in [9.17, 15) is 0 Å². The first-order valence-electron chi connectivity index (χ1n) is 0. The van der Waals surface area contributed by atoms with Crippen LogP contribution in [0, 0.1) is 0 Å². The van der Waals surface area contributed by atoms with Gasteiger partial charge in [-0.25, -0.2) is 0 Å². The minimum Gasteiger partial charge on any atom is -1.00 e. The molecule has 0 bridgehead atoms. The quantitative estimate of drug-likeness (QED) is 0.207. The van der Waals surface area contributed by atoms with Crippen LogP contribution < -0.4 is 71.9 Å². The van der Waals surface area contributed by atoms with E-state index in [1.807, 2.05) is 0 Å². The molecule has 0 rings (SSSR count). The van der Waals surface area contributed by atoms with Gasteiger partial charge < -0.3 is 71.9 Å². The van der Waals surface area contributed by atoms with E-state index in [4.69, 9.17) is 0 Å². The van der Waals surface area contributed by atoms with Gasteiger partial charge in [0.25, 0.3) is 0 Å². The molecule has 0 aromatic rings. The van der Waals surface area contributed by atoms with Crippen molar-refractivity contribution >= 4 is 0 Å². The summed E-state index contributed by atoms with van der Waals surface area (Å²) in [6, 6.07) is 0. The first-order valence-corrected chi connectivity index (χ1v) is 0. The van der Waals surface area contributed by atoms with Crippen molar-refractivity contribution in [1.82, 2.24) is 0 Å². The summed E-state index contributed by atoms with van der Waals surface area (Å²) in [5, 5.41) is 0. The van der Waals surface area contributed by atoms with Crippen LogP contribution in [0.25, 0.3) is 0 Å². The summed E-state index contributed by atoms with van der Waals surface area (Å²) in [6.45, 7) is 0. The molecule has 0 aromatic heterocycles. The maximum absolute atomic E-state index is 0. The van der Waals surface area contributed by atoms with Crippen molar-refractivity contribution in [3.63, 3.8) is 0 Å². The van der Waals surface area contributed by atoms with E-state index in [0.29, 0.717) is 0 Å². The molecule has 0 nitrogen and oxygen atoms in total. The third kappa shape index (κ3) is 18.6. The van der Waals surface area contributed by atoms with Crippen LogP contribution in [0.3, 0.4) is 0 Å². The molecule has 0 saturated carbocycles. The Morgan fingerprint density at radius 3 is 0.600 bits per heavy atom. The van der Waals surface area contributed by atoms with Crippen molar-refractivity contribution in [3.8, 4) is 0 Å². The Morgan fingerprint density at radius 2 is 0.600 bits per heavy atom. The Labute approximate surface area is 109 Å². The van der Waals surface area contributed by atoms with E-state index in [-0.39, 0.29) is 111 Å². The number of halogens is 3.